The Labute approximate surface area is 214 Å². The van der Waals surface area contributed by atoms with E-state index in [1.807, 2.05) is 0 Å². The van der Waals surface area contributed by atoms with Gasteiger partial charge in [-0.1, -0.05) is 42.3 Å². The molecule has 1 aromatic rings. The largest absolute Gasteiger partial charge is 0.430 e. The number of hydrogen-bond acceptors (Lipinski definition) is 6. The molecule has 1 aromatic carbocycles. The first-order valence-electron chi connectivity index (χ1n) is 10.8. The minimum absolute atomic E-state index is 0.00452. The van der Waals surface area contributed by atoms with Gasteiger partial charge in [0.15, 0.2) is 0 Å². The van der Waals surface area contributed by atoms with Crippen molar-refractivity contribution in [3.63, 3.8) is 0 Å². The number of thiocarbonyl (C=S) groups is 1. The summed E-state index contributed by atoms with van der Waals surface area (Å²) >= 11 is 5.15. The number of benzene rings is 1. The van der Waals surface area contributed by atoms with E-state index in [-0.39, 0.29) is 47.2 Å². The van der Waals surface area contributed by atoms with Crippen LogP contribution in [0.5, 0.6) is 0 Å². The van der Waals surface area contributed by atoms with Crippen molar-refractivity contribution in [2.24, 2.45) is 0 Å². The summed E-state index contributed by atoms with van der Waals surface area (Å²) in [6, 6.07) is 1.94. The number of halogens is 6. The standard InChI is InChI=1S/C23H22F6N2O4S2/c1-15(32)6-7-16-14-17(21(33,22(24,25)26)23(27,28)29)8-9-18(16)30-10-12-31(13-11-30)37(34,35)20-5-3-2-4-19(20)36/h2-3,5,8-9,14-15,32-33H,4,10-13H2,1H3/t15-/m1/s1. The molecule has 6 nitrogen and oxygen atoms in total. The Kier molecular flexibility index (Phi) is 8.17. The van der Waals surface area contributed by atoms with E-state index >= 15 is 0 Å². The van der Waals surface area contributed by atoms with Crippen molar-refractivity contribution in [1.82, 2.24) is 4.31 Å². The number of sulfonamides is 1. The molecule has 0 saturated carbocycles. The average Bonchev–Trinajstić information content (AvgIpc) is 2.81. The van der Waals surface area contributed by atoms with Gasteiger partial charge in [-0.05, 0) is 25.1 Å². The van der Waals surface area contributed by atoms with Crippen LogP contribution in [0.1, 0.15) is 24.5 Å². The zero-order chi connectivity index (χ0) is 27.8. The fraction of sp³-hybridized carbons (Fsp3) is 0.435. The number of anilines is 1. The number of nitrogens with zero attached hydrogens (tertiary/aromatic N) is 2. The fourth-order valence-corrected chi connectivity index (χ4v) is 5.89. The third kappa shape index (κ3) is 5.70. The molecule has 3 rings (SSSR count). The number of piperazine rings is 1. The van der Waals surface area contributed by atoms with Gasteiger partial charge in [0, 0.05) is 48.6 Å². The molecule has 202 valence electrons. The molecule has 1 aliphatic carbocycles. The molecule has 0 bridgehead atoms. The highest BCUT2D eigenvalue weighted by Crippen LogP contribution is 2.50. The summed E-state index contributed by atoms with van der Waals surface area (Å²) in [6.45, 7) is 1.26. The van der Waals surface area contributed by atoms with Crippen LogP contribution >= 0.6 is 12.2 Å². The lowest BCUT2D eigenvalue weighted by molar-refractivity contribution is -0.376. The van der Waals surface area contributed by atoms with E-state index in [2.05, 4.69) is 11.8 Å². The summed E-state index contributed by atoms with van der Waals surface area (Å²) < 4.78 is 108. The van der Waals surface area contributed by atoms with E-state index in [1.165, 1.54) is 17.3 Å². The summed E-state index contributed by atoms with van der Waals surface area (Å²) in [6.07, 6.45) is -8.40. The molecular formula is C23H22F6N2O4S2. The van der Waals surface area contributed by atoms with Crippen LogP contribution < -0.4 is 4.90 Å². The Morgan fingerprint density at radius 3 is 2.16 bits per heavy atom. The molecule has 0 unspecified atom stereocenters. The van der Waals surface area contributed by atoms with Crippen LogP contribution in [0, 0.1) is 11.8 Å². The normalized spacial score (nSPS) is 18.8. The van der Waals surface area contributed by atoms with Gasteiger partial charge in [0.05, 0.1) is 10.6 Å². The minimum Gasteiger partial charge on any atom is -0.381 e. The van der Waals surface area contributed by atoms with Gasteiger partial charge < -0.3 is 15.1 Å². The van der Waals surface area contributed by atoms with Crippen LogP contribution in [0.15, 0.2) is 41.3 Å². The van der Waals surface area contributed by atoms with Crippen LogP contribution in [-0.2, 0) is 15.6 Å². The summed E-state index contributed by atoms with van der Waals surface area (Å²) in [5.74, 6) is 4.65. The Morgan fingerprint density at radius 1 is 1.05 bits per heavy atom. The predicted octanol–water partition coefficient (Wildman–Crippen LogP) is 3.40. The molecule has 0 aromatic heterocycles. The highest BCUT2D eigenvalue weighted by atomic mass is 32.2. The summed E-state index contributed by atoms with van der Waals surface area (Å²) in [7, 11) is -3.90. The van der Waals surface area contributed by atoms with Gasteiger partial charge in [0.1, 0.15) is 6.10 Å². The summed E-state index contributed by atoms with van der Waals surface area (Å²) in [5.41, 5.74) is -6.82. The average molecular weight is 569 g/mol. The highest BCUT2D eigenvalue weighted by Gasteiger charge is 2.71. The van der Waals surface area contributed by atoms with Crippen molar-refractivity contribution in [2.45, 2.75) is 37.4 Å². The van der Waals surface area contributed by atoms with Crippen molar-refractivity contribution in [3.8, 4) is 11.8 Å². The van der Waals surface area contributed by atoms with Crippen molar-refractivity contribution < 1.29 is 45.0 Å². The molecule has 14 heteroatoms. The number of aliphatic hydroxyl groups is 2. The molecule has 0 amide bonds. The lowest BCUT2D eigenvalue weighted by Crippen LogP contribution is -2.54. The molecule has 2 N–H and O–H groups in total. The number of rotatable bonds is 4. The molecule has 0 radical (unpaired) electrons. The van der Waals surface area contributed by atoms with Crippen LogP contribution in [0.4, 0.5) is 32.0 Å². The molecule has 1 heterocycles. The van der Waals surface area contributed by atoms with E-state index in [1.54, 1.807) is 17.1 Å². The van der Waals surface area contributed by atoms with E-state index in [4.69, 9.17) is 12.2 Å². The predicted molar refractivity (Wildman–Crippen MR) is 128 cm³/mol. The van der Waals surface area contributed by atoms with Crippen molar-refractivity contribution >= 4 is 32.8 Å². The van der Waals surface area contributed by atoms with Crippen LogP contribution in [-0.4, -0.2) is 72.4 Å². The maximum atomic E-state index is 13.4. The first-order valence-corrected chi connectivity index (χ1v) is 12.7. The van der Waals surface area contributed by atoms with E-state index in [0.717, 1.165) is 6.07 Å². The van der Waals surface area contributed by atoms with Gasteiger partial charge in [0.2, 0.25) is 10.0 Å². The fourth-order valence-electron chi connectivity index (χ4n) is 3.87. The van der Waals surface area contributed by atoms with E-state index < -0.39 is 39.6 Å². The monoisotopic (exact) mass is 568 g/mol. The smallest absolute Gasteiger partial charge is 0.381 e. The zero-order valence-corrected chi connectivity index (χ0v) is 20.9. The Balaban J connectivity index is 1.96. The number of aliphatic hydroxyl groups excluding tert-OH is 1. The topological polar surface area (TPSA) is 81.1 Å². The quantitative estimate of drug-likeness (QED) is 0.330. The van der Waals surface area contributed by atoms with E-state index in [0.29, 0.717) is 18.6 Å². The van der Waals surface area contributed by atoms with Gasteiger partial charge in [-0.25, -0.2) is 8.42 Å². The summed E-state index contributed by atoms with van der Waals surface area (Å²) in [4.78, 5) is 1.82. The second-order valence-electron chi connectivity index (χ2n) is 8.36. The Hall–Kier alpha value is -2.44. The second kappa shape index (κ2) is 10.4. The zero-order valence-electron chi connectivity index (χ0n) is 19.3. The second-order valence-corrected chi connectivity index (χ2v) is 10.8. The van der Waals surface area contributed by atoms with Crippen LogP contribution in [0.3, 0.4) is 0 Å². The molecule has 1 aliphatic heterocycles. The van der Waals surface area contributed by atoms with Crippen LogP contribution in [0.25, 0.3) is 0 Å². The SMILES string of the molecule is C[C@@H](O)C#Cc1cc(C(O)(C(F)(F)F)C(F)(F)F)ccc1N1CCN(S(=O)(=O)C2=CC=CCC2=S)CC1. The van der Waals surface area contributed by atoms with Crippen molar-refractivity contribution in [2.75, 3.05) is 31.1 Å². The van der Waals surface area contributed by atoms with Gasteiger partial charge in [-0.15, -0.1) is 0 Å². The Morgan fingerprint density at radius 2 is 1.65 bits per heavy atom. The van der Waals surface area contributed by atoms with Crippen molar-refractivity contribution in [3.05, 3.63) is 52.5 Å². The lowest BCUT2D eigenvalue weighted by Gasteiger charge is -2.37. The number of hydrogen-bond donors (Lipinski definition) is 2. The molecule has 1 atom stereocenters. The molecule has 37 heavy (non-hydrogen) atoms. The minimum atomic E-state index is -6.08. The van der Waals surface area contributed by atoms with E-state index in [9.17, 15) is 45.0 Å². The van der Waals surface area contributed by atoms with Crippen molar-refractivity contribution in [1.29, 1.82) is 0 Å². The first kappa shape index (κ1) is 29.1. The maximum absolute atomic E-state index is 13.4. The first-order chi connectivity index (χ1) is 17.0. The molecular weight excluding hydrogens is 546 g/mol. The maximum Gasteiger partial charge on any atom is 0.430 e. The third-order valence-corrected chi connectivity index (χ3v) is 8.31. The highest BCUT2D eigenvalue weighted by molar-refractivity contribution is 7.96. The third-order valence-electron chi connectivity index (χ3n) is 5.81. The Bertz CT molecular complexity index is 1270. The molecule has 1 saturated heterocycles. The molecule has 2 aliphatic rings. The van der Waals surface area contributed by atoms with Gasteiger partial charge in [-0.3, -0.25) is 0 Å². The number of alkyl halides is 6. The van der Waals surface area contributed by atoms with Crippen LogP contribution in [0.2, 0.25) is 0 Å². The van der Waals surface area contributed by atoms with Gasteiger partial charge in [-0.2, -0.15) is 30.6 Å². The van der Waals surface area contributed by atoms with Gasteiger partial charge in [0.25, 0.3) is 5.60 Å². The van der Waals surface area contributed by atoms with Gasteiger partial charge >= 0.3 is 12.4 Å². The lowest BCUT2D eigenvalue weighted by atomic mass is 9.90. The number of allylic oxidation sites excluding steroid dienone is 4. The molecule has 0 spiro atoms. The molecule has 1 fully saturated rings. The summed E-state index contributed by atoms with van der Waals surface area (Å²) in [5, 5.41) is 19.3.